The molecule has 8 heteroatoms. The number of rotatable bonds is 4. The summed E-state index contributed by atoms with van der Waals surface area (Å²) in [6, 6.07) is 0. The molecule has 0 spiro atoms. The Hall–Kier alpha value is -2.35. The van der Waals surface area contributed by atoms with Crippen LogP contribution in [0.5, 0.6) is 0 Å². The Morgan fingerprint density at radius 3 is 3.00 bits per heavy atom. The van der Waals surface area contributed by atoms with Crippen molar-refractivity contribution in [1.82, 2.24) is 30.0 Å². The molecule has 8 nitrogen and oxygen atoms in total. The third-order valence-electron chi connectivity index (χ3n) is 4.10. The first-order valence-electron chi connectivity index (χ1n) is 7.59. The number of aromatic amines is 1. The molecule has 2 aromatic rings. The van der Waals surface area contributed by atoms with Gasteiger partial charge in [-0.15, -0.1) is 0 Å². The van der Waals surface area contributed by atoms with Crippen molar-refractivity contribution in [3.8, 4) is 0 Å². The molecule has 0 unspecified atom stereocenters. The quantitative estimate of drug-likeness (QED) is 0.898. The van der Waals surface area contributed by atoms with Gasteiger partial charge < -0.3 is 9.64 Å². The second-order valence-corrected chi connectivity index (χ2v) is 5.79. The van der Waals surface area contributed by atoms with E-state index in [9.17, 15) is 4.79 Å². The molecule has 122 valence electrons. The standard InChI is InChI=1S/C15H20N6O2/c1-9-12(6-16-8-17-9)15(22)21(3)7-13-11(4-5-23-13)14-18-10(2)19-20-14/h6,8,11,13H,4-5,7H2,1-3H3,(H,18,19,20)/t11-,13-/m1/s1. The van der Waals surface area contributed by atoms with E-state index in [1.54, 1.807) is 25.1 Å². The van der Waals surface area contributed by atoms with Gasteiger partial charge in [0.05, 0.1) is 23.3 Å². The smallest absolute Gasteiger partial charge is 0.257 e. The first kappa shape index (κ1) is 15.5. The highest BCUT2D eigenvalue weighted by molar-refractivity contribution is 5.94. The molecule has 1 saturated heterocycles. The predicted molar refractivity (Wildman–Crippen MR) is 81.9 cm³/mol. The van der Waals surface area contributed by atoms with Crippen molar-refractivity contribution in [2.75, 3.05) is 20.2 Å². The monoisotopic (exact) mass is 316 g/mol. The number of nitrogens with zero attached hydrogens (tertiary/aromatic N) is 5. The van der Waals surface area contributed by atoms with Gasteiger partial charge in [0.1, 0.15) is 12.2 Å². The Labute approximate surface area is 134 Å². The van der Waals surface area contributed by atoms with Gasteiger partial charge in [-0.1, -0.05) is 0 Å². The maximum Gasteiger partial charge on any atom is 0.257 e. The lowest BCUT2D eigenvalue weighted by atomic mass is 10.00. The Bertz CT molecular complexity index is 701. The predicted octanol–water partition coefficient (Wildman–Crippen LogP) is 0.856. The van der Waals surface area contributed by atoms with E-state index >= 15 is 0 Å². The summed E-state index contributed by atoms with van der Waals surface area (Å²) in [6.45, 7) is 4.80. The van der Waals surface area contributed by atoms with Crippen LogP contribution in [0.4, 0.5) is 0 Å². The Morgan fingerprint density at radius 1 is 1.48 bits per heavy atom. The summed E-state index contributed by atoms with van der Waals surface area (Å²) < 4.78 is 5.80. The highest BCUT2D eigenvalue weighted by atomic mass is 16.5. The van der Waals surface area contributed by atoms with Gasteiger partial charge in [-0.05, 0) is 20.3 Å². The average Bonchev–Trinajstić information content (AvgIpc) is 3.15. The molecule has 1 fully saturated rings. The first-order chi connectivity index (χ1) is 11.1. The van der Waals surface area contributed by atoms with Crippen LogP contribution in [0.2, 0.25) is 0 Å². The molecular formula is C15H20N6O2. The molecular weight excluding hydrogens is 296 g/mol. The molecule has 0 saturated carbocycles. The number of ether oxygens (including phenoxy) is 1. The molecule has 1 N–H and O–H groups in total. The van der Waals surface area contributed by atoms with Crippen molar-refractivity contribution >= 4 is 5.91 Å². The molecule has 0 bridgehead atoms. The molecule has 1 aliphatic heterocycles. The highest BCUT2D eigenvalue weighted by Gasteiger charge is 2.34. The lowest BCUT2D eigenvalue weighted by Crippen LogP contribution is -2.36. The van der Waals surface area contributed by atoms with E-state index in [2.05, 4.69) is 25.1 Å². The number of carbonyl (C=O) groups is 1. The summed E-state index contributed by atoms with van der Waals surface area (Å²) in [5.74, 6) is 1.53. The summed E-state index contributed by atoms with van der Waals surface area (Å²) >= 11 is 0. The molecule has 0 aliphatic carbocycles. The van der Waals surface area contributed by atoms with Crippen molar-refractivity contribution in [1.29, 1.82) is 0 Å². The van der Waals surface area contributed by atoms with E-state index in [0.717, 1.165) is 18.1 Å². The van der Waals surface area contributed by atoms with Crippen LogP contribution in [0, 0.1) is 13.8 Å². The van der Waals surface area contributed by atoms with Crippen LogP contribution in [0.25, 0.3) is 0 Å². The van der Waals surface area contributed by atoms with Crippen LogP contribution in [0.3, 0.4) is 0 Å². The zero-order valence-electron chi connectivity index (χ0n) is 13.5. The number of nitrogens with one attached hydrogen (secondary N) is 1. The zero-order valence-corrected chi connectivity index (χ0v) is 13.5. The third kappa shape index (κ3) is 3.21. The van der Waals surface area contributed by atoms with Gasteiger partial charge >= 0.3 is 0 Å². The number of carbonyl (C=O) groups excluding carboxylic acids is 1. The van der Waals surface area contributed by atoms with Crippen molar-refractivity contribution < 1.29 is 9.53 Å². The molecule has 0 aromatic carbocycles. The van der Waals surface area contributed by atoms with E-state index in [4.69, 9.17) is 4.74 Å². The van der Waals surface area contributed by atoms with Crippen LogP contribution in [0.15, 0.2) is 12.5 Å². The molecule has 1 amide bonds. The summed E-state index contributed by atoms with van der Waals surface area (Å²) in [5, 5.41) is 7.09. The number of hydrogen-bond acceptors (Lipinski definition) is 6. The van der Waals surface area contributed by atoms with E-state index in [1.807, 2.05) is 6.92 Å². The number of likely N-dealkylation sites (N-methyl/N-ethyl adjacent to an activating group) is 1. The fourth-order valence-corrected chi connectivity index (χ4v) is 2.81. The van der Waals surface area contributed by atoms with Crippen LogP contribution in [-0.4, -0.2) is 62.3 Å². The summed E-state index contributed by atoms with van der Waals surface area (Å²) in [7, 11) is 1.76. The van der Waals surface area contributed by atoms with Crippen molar-refractivity contribution in [3.05, 3.63) is 35.4 Å². The number of H-pyrrole nitrogens is 1. The first-order valence-corrected chi connectivity index (χ1v) is 7.59. The van der Waals surface area contributed by atoms with Gasteiger partial charge in [-0.2, -0.15) is 5.10 Å². The van der Waals surface area contributed by atoms with Gasteiger partial charge in [0.15, 0.2) is 5.82 Å². The summed E-state index contributed by atoms with van der Waals surface area (Å²) in [6.07, 6.45) is 3.74. The van der Waals surface area contributed by atoms with Gasteiger partial charge in [0.2, 0.25) is 0 Å². The molecule has 2 aromatic heterocycles. The molecule has 2 atom stereocenters. The maximum absolute atomic E-state index is 12.6. The van der Waals surface area contributed by atoms with Crippen LogP contribution in [-0.2, 0) is 4.74 Å². The molecule has 0 radical (unpaired) electrons. The van der Waals surface area contributed by atoms with Crippen LogP contribution >= 0.6 is 0 Å². The minimum absolute atomic E-state index is 0.100. The third-order valence-corrected chi connectivity index (χ3v) is 4.10. The highest BCUT2D eigenvalue weighted by Crippen LogP contribution is 2.29. The maximum atomic E-state index is 12.6. The summed E-state index contributed by atoms with van der Waals surface area (Å²) in [5.41, 5.74) is 1.18. The molecule has 3 rings (SSSR count). The van der Waals surface area contributed by atoms with Gasteiger partial charge in [0.25, 0.3) is 5.91 Å². The molecule has 23 heavy (non-hydrogen) atoms. The second-order valence-electron chi connectivity index (χ2n) is 5.79. The fraction of sp³-hybridized carbons (Fsp3) is 0.533. The number of aryl methyl sites for hydroxylation is 2. The number of amides is 1. The second kappa shape index (κ2) is 6.41. The van der Waals surface area contributed by atoms with Crippen molar-refractivity contribution in [2.24, 2.45) is 0 Å². The van der Waals surface area contributed by atoms with Crippen molar-refractivity contribution in [2.45, 2.75) is 32.3 Å². The lowest BCUT2D eigenvalue weighted by molar-refractivity contribution is 0.0549. The minimum atomic E-state index is -0.108. The normalized spacial score (nSPS) is 20.7. The van der Waals surface area contributed by atoms with E-state index in [1.165, 1.54) is 6.33 Å². The number of aromatic nitrogens is 5. The average molecular weight is 316 g/mol. The molecule has 3 heterocycles. The fourth-order valence-electron chi connectivity index (χ4n) is 2.81. The van der Waals surface area contributed by atoms with E-state index in [-0.39, 0.29) is 17.9 Å². The Morgan fingerprint density at radius 2 is 2.30 bits per heavy atom. The Balaban J connectivity index is 1.70. The lowest BCUT2D eigenvalue weighted by Gasteiger charge is -2.24. The Kier molecular flexibility index (Phi) is 4.33. The SMILES string of the molecule is Cc1nc([C@@H]2CCO[C@@H]2CN(C)C(=O)c2cncnc2C)n[nH]1. The van der Waals surface area contributed by atoms with Gasteiger partial charge in [-0.25, -0.2) is 15.0 Å². The zero-order chi connectivity index (χ0) is 16.4. The van der Waals surface area contributed by atoms with E-state index in [0.29, 0.717) is 24.4 Å². The molecule has 1 aliphatic rings. The van der Waals surface area contributed by atoms with Crippen LogP contribution in [0.1, 0.15) is 40.0 Å². The van der Waals surface area contributed by atoms with Gasteiger partial charge in [-0.3, -0.25) is 9.89 Å². The summed E-state index contributed by atoms with van der Waals surface area (Å²) in [4.78, 5) is 26.6. The van der Waals surface area contributed by atoms with Gasteiger partial charge in [0, 0.05) is 26.4 Å². The van der Waals surface area contributed by atoms with Crippen molar-refractivity contribution in [3.63, 3.8) is 0 Å². The minimum Gasteiger partial charge on any atom is -0.376 e. The largest absolute Gasteiger partial charge is 0.376 e. The van der Waals surface area contributed by atoms with Crippen LogP contribution < -0.4 is 0 Å². The topological polar surface area (TPSA) is 96.9 Å². The van der Waals surface area contributed by atoms with E-state index < -0.39 is 0 Å². The number of hydrogen-bond donors (Lipinski definition) is 1.